The van der Waals surface area contributed by atoms with E-state index in [0.29, 0.717) is 0 Å². The van der Waals surface area contributed by atoms with E-state index in [-0.39, 0.29) is 0 Å². The van der Waals surface area contributed by atoms with Gasteiger partial charge in [-0.2, -0.15) is 0 Å². The Morgan fingerprint density at radius 1 is 0.300 bits per heavy atom. The molecule has 11 aromatic rings. The van der Waals surface area contributed by atoms with Crippen molar-refractivity contribution in [3.8, 4) is 55.6 Å². The molecule has 11 rings (SSSR count). The van der Waals surface area contributed by atoms with Gasteiger partial charge in [0.1, 0.15) is 11.2 Å². The van der Waals surface area contributed by atoms with E-state index in [9.17, 15) is 0 Å². The maximum Gasteiger partial charge on any atom is 0.143 e. The van der Waals surface area contributed by atoms with Crippen LogP contribution in [0.4, 0.5) is 17.1 Å². The lowest BCUT2D eigenvalue weighted by atomic mass is 9.96. The van der Waals surface area contributed by atoms with Crippen LogP contribution in [0.2, 0.25) is 0 Å². The smallest absolute Gasteiger partial charge is 0.143 e. The predicted molar refractivity (Wildman–Crippen MR) is 253 cm³/mol. The molecular weight excluding hydrogens is 727 g/mol. The Morgan fingerprint density at radius 2 is 0.817 bits per heavy atom. The topological polar surface area (TPSA) is 16.4 Å². The molecule has 0 bridgehead atoms. The summed E-state index contributed by atoms with van der Waals surface area (Å²) < 4.78 is 6.61. The zero-order valence-electron chi connectivity index (χ0n) is 32.9. The highest BCUT2D eigenvalue weighted by molar-refractivity contribution is 6.19. The van der Waals surface area contributed by atoms with E-state index in [0.717, 1.165) is 66.6 Å². The average molecular weight is 766 g/mol. The molecule has 0 aliphatic rings. The summed E-state index contributed by atoms with van der Waals surface area (Å²) >= 11 is 0. The van der Waals surface area contributed by atoms with E-state index in [1.807, 2.05) is 0 Å². The van der Waals surface area contributed by atoms with Crippen LogP contribution in [-0.4, -0.2) is 0 Å². The number of nitrogens with zero attached hydrogens (tertiary/aromatic N) is 1. The Balaban J connectivity index is 1.03. The molecule has 1 heterocycles. The Labute approximate surface area is 349 Å². The van der Waals surface area contributed by atoms with Crippen molar-refractivity contribution in [2.45, 2.75) is 0 Å². The van der Waals surface area contributed by atoms with Gasteiger partial charge in [0, 0.05) is 33.1 Å². The summed E-state index contributed by atoms with van der Waals surface area (Å²) in [5.74, 6) is 0. The van der Waals surface area contributed by atoms with Crippen LogP contribution < -0.4 is 4.90 Å². The molecule has 0 aliphatic carbocycles. The van der Waals surface area contributed by atoms with Crippen LogP contribution in [0.1, 0.15) is 0 Å². The first-order chi connectivity index (χ1) is 29.7. The van der Waals surface area contributed by atoms with Gasteiger partial charge in [-0.15, -0.1) is 0 Å². The minimum Gasteiger partial charge on any atom is -0.455 e. The molecule has 2 nitrogen and oxygen atoms in total. The highest BCUT2D eigenvalue weighted by atomic mass is 16.3. The van der Waals surface area contributed by atoms with Crippen molar-refractivity contribution in [1.29, 1.82) is 0 Å². The van der Waals surface area contributed by atoms with Crippen molar-refractivity contribution in [2.75, 3.05) is 4.90 Å². The number of rotatable bonds is 8. The molecule has 10 aromatic carbocycles. The summed E-state index contributed by atoms with van der Waals surface area (Å²) in [6.45, 7) is 0. The van der Waals surface area contributed by atoms with Gasteiger partial charge in [-0.1, -0.05) is 194 Å². The van der Waals surface area contributed by atoms with Crippen molar-refractivity contribution in [2.24, 2.45) is 0 Å². The van der Waals surface area contributed by atoms with Gasteiger partial charge in [0.25, 0.3) is 0 Å². The number of furan rings is 1. The second-order valence-electron chi connectivity index (χ2n) is 15.3. The minimum absolute atomic E-state index is 0.887. The van der Waals surface area contributed by atoms with Crippen molar-refractivity contribution < 1.29 is 4.42 Å². The first-order valence-electron chi connectivity index (χ1n) is 20.5. The fourth-order valence-electron chi connectivity index (χ4n) is 8.71. The van der Waals surface area contributed by atoms with Crippen LogP contribution in [0.15, 0.2) is 241 Å². The Kier molecular flexibility index (Phi) is 8.87. The fraction of sp³-hybridized carbons (Fsp3) is 0. The predicted octanol–water partition coefficient (Wildman–Crippen LogP) is 16.5. The van der Waals surface area contributed by atoms with Crippen LogP contribution in [0, 0.1) is 0 Å². The number of hydrogen-bond acceptors (Lipinski definition) is 2. The molecule has 0 N–H and O–H groups in total. The lowest BCUT2D eigenvalue weighted by Gasteiger charge is -2.28. The minimum atomic E-state index is 0.887. The molecule has 60 heavy (non-hydrogen) atoms. The maximum atomic E-state index is 6.61. The molecule has 0 radical (unpaired) electrons. The molecule has 0 unspecified atom stereocenters. The third-order valence-corrected chi connectivity index (χ3v) is 11.7. The van der Waals surface area contributed by atoms with Crippen molar-refractivity contribution >= 4 is 49.8 Å². The van der Waals surface area contributed by atoms with Crippen molar-refractivity contribution in [3.63, 3.8) is 0 Å². The molecule has 0 saturated heterocycles. The van der Waals surface area contributed by atoms with Crippen LogP contribution in [0.25, 0.3) is 88.3 Å². The van der Waals surface area contributed by atoms with Crippen LogP contribution in [0.3, 0.4) is 0 Å². The molecular formula is C58H39NO. The molecule has 0 atom stereocenters. The summed E-state index contributed by atoms with van der Waals surface area (Å²) in [5, 5.41) is 4.55. The summed E-state index contributed by atoms with van der Waals surface area (Å²) in [5.41, 5.74) is 16.8. The number of anilines is 3. The average Bonchev–Trinajstić information content (AvgIpc) is 3.73. The van der Waals surface area contributed by atoms with Crippen LogP contribution in [-0.2, 0) is 0 Å². The maximum absolute atomic E-state index is 6.61. The van der Waals surface area contributed by atoms with Gasteiger partial charge in [-0.25, -0.2) is 0 Å². The van der Waals surface area contributed by atoms with Gasteiger partial charge in [0.05, 0.1) is 5.69 Å². The van der Waals surface area contributed by atoms with Crippen molar-refractivity contribution in [1.82, 2.24) is 0 Å². The normalized spacial score (nSPS) is 11.3. The summed E-state index contributed by atoms with van der Waals surface area (Å²) in [6, 6.07) is 84.8. The van der Waals surface area contributed by atoms with Crippen LogP contribution >= 0.6 is 0 Å². The Bertz CT molecular complexity index is 3270. The number of fused-ring (bicyclic) bond motifs is 5. The zero-order valence-corrected chi connectivity index (χ0v) is 32.9. The van der Waals surface area contributed by atoms with Gasteiger partial charge < -0.3 is 9.32 Å². The molecule has 0 aliphatic heterocycles. The van der Waals surface area contributed by atoms with Gasteiger partial charge >= 0.3 is 0 Å². The van der Waals surface area contributed by atoms with Gasteiger partial charge in [-0.3, -0.25) is 0 Å². The Hall–Kier alpha value is -7.94. The van der Waals surface area contributed by atoms with Gasteiger partial charge in [0.2, 0.25) is 0 Å². The van der Waals surface area contributed by atoms with Gasteiger partial charge in [0.15, 0.2) is 0 Å². The molecule has 2 heteroatoms. The molecule has 0 amide bonds. The van der Waals surface area contributed by atoms with Gasteiger partial charge in [-0.05, 0) is 97.9 Å². The summed E-state index contributed by atoms with van der Waals surface area (Å²) in [4.78, 5) is 2.40. The second-order valence-corrected chi connectivity index (χ2v) is 15.3. The van der Waals surface area contributed by atoms with E-state index in [1.54, 1.807) is 0 Å². The second kappa shape index (κ2) is 15.1. The lowest BCUT2D eigenvalue weighted by molar-refractivity contribution is 0.673. The molecule has 282 valence electrons. The largest absolute Gasteiger partial charge is 0.455 e. The highest BCUT2D eigenvalue weighted by Crippen LogP contribution is 2.45. The third kappa shape index (κ3) is 6.41. The number of hydrogen-bond donors (Lipinski definition) is 0. The first kappa shape index (κ1) is 35.2. The Morgan fingerprint density at radius 3 is 1.50 bits per heavy atom. The standard InChI is InChI=1S/C58H39NO/c1-3-13-40(14-4-1)42-25-27-44(28-26-42)45-33-36-49(37-34-45)59(55-23-10-9-20-51(55)47-31-29-43(30-32-47)41-15-5-2-6-16-41)50-19-11-18-48(39-50)52-22-12-24-56-57(52)54-38-35-46-17-7-8-21-53(46)58(54)60-56/h1-39H. The first-order valence-corrected chi connectivity index (χ1v) is 20.5. The molecule has 0 fully saturated rings. The number of benzene rings is 10. The zero-order chi connectivity index (χ0) is 39.8. The quantitative estimate of drug-likeness (QED) is 0.153. The fourth-order valence-corrected chi connectivity index (χ4v) is 8.71. The van der Waals surface area contributed by atoms with E-state index >= 15 is 0 Å². The monoisotopic (exact) mass is 765 g/mol. The SMILES string of the molecule is c1ccc(-c2ccc(-c3ccc(N(c4cccc(-c5cccc6oc7c8ccccc8ccc7c56)c4)c4ccccc4-c4ccc(-c5ccccc5)cc4)cc3)cc2)cc1. The van der Waals surface area contributed by atoms with E-state index in [1.165, 1.54) is 38.8 Å². The molecule has 0 spiro atoms. The molecule has 0 saturated carbocycles. The van der Waals surface area contributed by atoms with Crippen LogP contribution in [0.5, 0.6) is 0 Å². The summed E-state index contributed by atoms with van der Waals surface area (Å²) in [6.07, 6.45) is 0. The van der Waals surface area contributed by atoms with Crippen molar-refractivity contribution in [3.05, 3.63) is 237 Å². The summed E-state index contributed by atoms with van der Waals surface area (Å²) in [7, 11) is 0. The number of para-hydroxylation sites is 1. The van der Waals surface area contributed by atoms with E-state index in [4.69, 9.17) is 4.42 Å². The third-order valence-electron chi connectivity index (χ3n) is 11.7. The molecule has 1 aromatic heterocycles. The van der Waals surface area contributed by atoms with E-state index < -0.39 is 0 Å². The highest BCUT2D eigenvalue weighted by Gasteiger charge is 2.20. The lowest BCUT2D eigenvalue weighted by Crippen LogP contribution is -2.11. The van der Waals surface area contributed by atoms with E-state index in [2.05, 4.69) is 241 Å².